The number of unbranched alkanes of at least 4 members (excludes halogenated alkanes) is 2. The van der Waals surface area contributed by atoms with Crippen molar-refractivity contribution in [1.29, 1.82) is 0 Å². The molecule has 0 saturated heterocycles. The average Bonchev–Trinajstić information content (AvgIpc) is 2.46. The maximum atomic E-state index is 11.4. The van der Waals surface area contributed by atoms with Crippen molar-refractivity contribution in [2.24, 2.45) is 0 Å². The van der Waals surface area contributed by atoms with E-state index in [1.54, 1.807) is 0 Å². The minimum atomic E-state index is -0.274. The summed E-state index contributed by atoms with van der Waals surface area (Å²) in [6, 6.07) is 9.67. The van der Waals surface area contributed by atoms with Crippen LogP contribution in [0.4, 0.5) is 0 Å². The van der Waals surface area contributed by atoms with Gasteiger partial charge in [-0.3, -0.25) is 4.79 Å². The first-order valence-electron chi connectivity index (χ1n) is 6.62. The predicted molar refractivity (Wildman–Crippen MR) is 72.7 cm³/mol. The second kappa shape index (κ2) is 9.53. The summed E-state index contributed by atoms with van der Waals surface area (Å²) in [4.78, 5) is 11.4. The Morgan fingerprint density at radius 1 is 1.21 bits per heavy atom. The number of hydrogen-bond donors (Lipinski definition) is 1. The number of methoxy groups -OCH3 is 1. The zero-order chi connectivity index (χ0) is 13.9. The summed E-state index contributed by atoms with van der Waals surface area (Å²) in [7, 11) is 1.38. The SMILES string of the molecule is COC(=O)CC(OCCCCCO)c1ccccc1. The molecule has 1 unspecified atom stereocenters. The molecule has 1 aromatic rings. The van der Waals surface area contributed by atoms with Crippen molar-refractivity contribution >= 4 is 5.97 Å². The Hall–Kier alpha value is -1.39. The summed E-state index contributed by atoms with van der Waals surface area (Å²) < 4.78 is 10.5. The van der Waals surface area contributed by atoms with Crippen LogP contribution in [0.25, 0.3) is 0 Å². The van der Waals surface area contributed by atoms with E-state index in [1.807, 2.05) is 30.3 Å². The molecule has 0 aromatic heterocycles. The summed E-state index contributed by atoms with van der Waals surface area (Å²) in [5, 5.41) is 8.70. The Morgan fingerprint density at radius 2 is 1.95 bits per heavy atom. The van der Waals surface area contributed by atoms with E-state index in [-0.39, 0.29) is 25.1 Å². The van der Waals surface area contributed by atoms with E-state index in [1.165, 1.54) is 7.11 Å². The Labute approximate surface area is 114 Å². The van der Waals surface area contributed by atoms with Crippen LogP contribution in [0.3, 0.4) is 0 Å². The van der Waals surface area contributed by atoms with E-state index in [0.717, 1.165) is 24.8 Å². The first kappa shape index (κ1) is 15.7. The van der Waals surface area contributed by atoms with Crippen LogP contribution in [0.5, 0.6) is 0 Å². The Balaban J connectivity index is 2.48. The molecule has 0 bridgehead atoms. The number of ether oxygens (including phenoxy) is 2. The molecule has 0 spiro atoms. The number of rotatable bonds is 9. The number of aliphatic hydroxyl groups excluding tert-OH is 1. The van der Waals surface area contributed by atoms with Gasteiger partial charge in [-0.05, 0) is 24.8 Å². The summed E-state index contributed by atoms with van der Waals surface area (Å²) >= 11 is 0. The van der Waals surface area contributed by atoms with Crippen LogP contribution in [-0.2, 0) is 14.3 Å². The van der Waals surface area contributed by atoms with Gasteiger partial charge in [0, 0.05) is 13.2 Å². The Kier molecular flexibility index (Phi) is 7.86. The fraction of sp³-hybridized carbons (Fsp3) is 0.533. The van der Waals surface area contributed by atoms with Crippen LogP contribution < -0.4 is 0 Å². The highest BCUT2D eigenvalue weighted by Crippen LogP contribution is 2.22. The van der Waals surface area contributed by atoms with Crippen molar-refractivity contribution < 1.29 is 19.4 Å². The van der Waals surface area contributed by atoms with Crippen LogP contribution in [0.2, 0.25) is 0 Å². The maximum absolute atomic E-state index is 11.4. The zero-order valence-corrected chi connectivity index (χ0v) is 11.4. The smallest absolute Gasteiger partial charge is 0.308 e. The van der Waals surface area contributed by atoms with Crippen molar-refractivity contribution in [3.63, 3.8) is 0 Å². The van der Waals surface area contributed by atoms with E-state index in [9.17, 15) is 4.79 Å². The van der Waals surface area contributed by atoms with Crippen molar-refractivity contribution in [2.75, 3.05) is 20.3 Å². The number of carbonyl (C=O) groups is 1. The van der Waals surface area contributed by atoms with E-state index in [2.05, 4.69) is 0 Å². The molecule has 0 aliphatic carbocycles. The molecule has 1 aromatic carbocycles. The van der Waals surface area contributed by atoms with Crippen LogP contribution in [-0.4, -0.2) is 31.4 Å². The van der Waals surface area contributed by atoms with Crippen molar-refractivity contribution in [3.8, 4) is 0 Å². The van der Waals surface area contributed by atoms with Crippen LogP contribution >= 0.6 is 0 Å². The number of carbonyl (C=O) groups excluding carboxylic acids is 1. The summed E-state index contributed by atoms with van der Waals surface area (Å²) in [6.07, 6.45) is 2.56. The minimum absolute atomic E-state index is 0.213. The van der Waals surface area contributed by atoms with E-state index >= 15 is 0 Å². The van der Waals surface area contributed by atoms with Gasteiger partial charge in [-0.2, -0.15) is 0 Å². The third kappa shape index (κ3) is 6.36. The molecular weight excluding hydrogens is 244 g/mol. The first-order chi connectivity index (χ1) is 9.27. The van der Waals surface area contributed by atoms with Crippen molar-refractivity contribution in [2.45, 2.75) is 31.8 Å². The molecule has 106 valence electrons. The lowest BCUT2D eigenvalue weighted by atomic mass is 10.1. The third-order valence-corrected chi connectivity index (χ3v) is 2.87. The topological polar surface area (TPSA) is 55.8 Å². The van der Waals surface area contributed by atoms with Crippen molar-refractivity contribution in [3.05, 3.63) is 35.9 Å². The molecule has 1 atom stereocenters. The summed E-state index contributed by atoms with van der Waals surface area (Å²) in [5.41, 5.74) is 0.982. The van der Waals surface area contributed by atoms with Gasteiger partial charge < -0.3 is 14.6 Å². The zero-order valence-electron chi connectivity index (χ0n) is 11.4. The monoisotopic (exact) mass is 266 g/mol. The second-order valence-corrected chi connectivity index (χ2v) is 4.33. The largest absolute Gasteiger partial charge is 0.469 e. The van der Waals surface area contributed by atoms with Gasteiger partial charge in [-0.25, -0.2) is 0 Å². The quantitative estimate of drug-likeness (QED) is 0.551. The van der Waals surface area contributed by atoms with Crippen LogP contribution in [0.1, 0.15) is 37.4 Å². The molecule has 0 fully saturated rings. The predicted octanol–water partition coefficient (Wildman–Crippen LogP) is 2.47. The minimum Gasteiger partial charge on any atom is -0.469 e. The van der Waals surface area contributed by atoms with E-state index in [4.69, 9.17) is 14.6 Å². The molecule has 0 aliphatic heterocycles. The molecule has 0 aliphatic rings. The Morgan fingerprint density at radius 3 is 2.58 bits per heavy atom. The van der Waals surface area contributed by atoms with Gasteiger partial charge in [-0.15, -0.1) is 0 Å². The maximum Gasteiger partial charge on any atom is 0.308 e. The second-order valence-electron chi connectivity index (χ2n) is 4.33. The van der Waals surface area contributed by atoms with Gasteiger partial charge in [-0.1, -0.05) is 30.3 Å². The van der Waals surface area contributed by atoms with Gasteiger partial charge in [0.25, 0.3) is 0 Å². The standard InChI is InChI=1S/C15H22O4/c1-18-15(17)12-14(13-8-4-2-5-9-13)19-11-7-3-6-10-16/h2,4-5,8-9,14,16H,3,6-7,10-12H2,1H3. The van der Waals surface area contributed by atoms with Gasteiger partial charge in [0.05, 0.1) is 19.6 Å². The molecule has 4 nitrogen and oxygen atoms in total. The Bertz CT molecular complexity index is 350. The van der Waals surface area contributed by atoms with E-state index in [0.29, 0.717) is 6.61 Å². The molecule has 4 heteroatoms. The lowest BCUT2D eigenvalue weighted by Crippen LogP contribution is -2.12. The first-order valence-corrected chi connectivity index (χ1v) is 6.62. The molecule has 0 amide bonds. The fourth-order valence-electron chi connectivity index (χ4n) is 1.79. The van der Waals surface area contributed by atoms with Crippen LogP contribution in [0, 0.1) is 0 Å². The number of benzene rings is 1. The number of aliphatic hydroxyl groups is 1. The van der Waals surface area contributed by atoms with Gasteiger partial charge in [0.2, 0.25) is 0 Å². The van der Waals surface area contributed by atoms with Gasteiger partial charge in [0.1, 0.15) is 0 Å². The third-order valence-electron chi connectivity index (χ3n) is 2.87. The summed E-state index contributed by atoms with van der Waals surface area (Å²) in [5.74, 6) is -0.274. The number of esters is 1. The highest BCUT2D eigenvalue weighted by Gasteiger charge is 2.16. The molecule has 1 rings (SSSR count). The lowest BCUT2D eigenvalue weighted by molar-refractivity contribution is -0.144. The highest BCUT2D eigenvalue weighted by molar-refractivity contribution is 5.70. The summed E-state index contributed by atoms with van der Waals surface area (Å²) in [6.45, 7) is 0.792. The average molecular weight is 266 g/mol. The van der Waals surface area contributed by atoms with Crippen molar-refractivity contribution in [1.82, 2.24) is 0 Å². The molecule has 19 heavy (non-hydrogen) atoms. The fourth-order valence-corrected chi connectivity index (χ4v) is 1.79. The molecular formula is C15H22O4. The number of hydrogen-bond acceptors (Lipinski definition) is 4. The van der Waals surface area contributed by atoms with Gasteiger partial charge in [0.15, 0.2) is 0 Å². The molecule has 1 N–H and O–H groups in total. The van der Waals surface area contributed by atoms with Crippen LogP contribution in [0.15, 0.2) is 30.3 Å². The van der Waals surface area contributed by atoms with E-state index < -0.39 is 0 Å². The molecule has 0 saturated carbocycles. The van der Waals surface area contributed by atoms with Gasteiger partial charge >= 0.3 is 5.97 Å². The lowest BCUT2D eigenvalue weighted by Gasteiger charge is -2.17. The normalized spacial score (nSPS) is 12.1. The molecule has 0 heterocycles. The molecule has 0 radical (unpaired) electrons. The highest BCUT2D eigenvalue weighted by atomic mass is 16.5.